The van der Waals surface area contributed by atoms with Gasteiger partial charge in [-0.1, -0.05) is 218 Å². The molecule has 2 N–H and O–H groups in total. The molecule has 5 heteroatoms. The second-order valence-electron chi connectivity index (χ2n) is 15.0. The molecule has 9 aromatic rings. The van der Waals surface area contributed by atoms with Crippen LogP contribution in [0.15, 0.2) is 237 Å². The van der Waals surface area contributed by atoms with E-state index in [0.29, 0.717) is 5.56 Å². The SMILES string of the molecule is CC(=O)c1cc(-c2ccccc2)ccc1-c1ccccc1.CC(=O)c1ccccc1-c1cccc(-c2ccccc2)c1.O=C(NO)c1ccccc1-c1ccc(-c2ccccc2)cc1. The lowest BCUT2D eigenvalue weighted by Crippen LogP contribution is -2.19. The Hall–Kier alpha value is -8.25. The van der Waals surface area contributed by atoms with Crippen LogP contribution < -0.4 is 5.48 Å². The Morgan fingerprint density at radius 1 is 0.297 bits per heavy atom. The van der Waals surface area contributed by atoms with Crippen molar-refractivity contribution in [3.8, 4) is 66.8 Å². The number of rotatable bonds is 9. The maximum Gasteiger partial charge on any atom is 0.275 e. The summed E-state index contributed by atoms with van der Waals surface area (Å²) in [5.41, 5.74) is 16.3. The summed E-state index contributed by atoms with van der Waals surface area (Å²) >= 11 is 0. The van der Waals surface area contributed by atoms with Crippen LogP contribution in [-0.2, 0) is 0 Å². The van der Waals surface area contributed by atoms with E-state index in [1.54, 1.807) is 31.5 Å². The van der Waals surface area contributed by atoms with E-state index in [9.17, 15) is 14.4 Å². The van der Waals surface area contributed by atoms with Gasteiger partial charge in [0.05, 0.1) is 0 Å². The van der Waals surface area contributed by atoms with Gasteiger partial charge in [-0.15, -0.1) is 0 Å². The fourth-order valence-corrected chi connectivity index (χ4v) is 7.52. The molecule has 0 saturated carbocycles. The smallest absolute Gasteiger partial charge is 0.275 e. The minimum atomic E-state index is -0.511. The summed E-state index contributed by atoms with van der Waals surface area (Å²) in [4.78, 5) is 35.6. The molecule has 0 fully saturated rings. The van der Waals surface area contributed by atoms with Gasteiger partial charge in [0.2, 0.25) is 0 Å². The normalized spacial score (nSPS) is 10.3. The van der Waals surface area contributed by atoms with Gasteiger partial charge in [-0.25, -0.2) is 5.48 Å². The summed E-state index contributed by atoms with van der Waals surface area (Å²) in [7, 11) is 0. The molecule has 0 aliphatic carbocycles. The lowest BCUT2D eigenvalue weighted by Gasteiger charge is -2.10. The van der Waals surface area contributed by atoms with Crippen LogP contribution in [0.4, 0.5) is 0 Å². The number of Topliss-reactive ketones (excluding diaryl/α,β-unsaturated/α-hetero) is 2. The van der Waals surface area contributed by atoms with Gasteiger partial charge in [0.15, 0.2) is 11.6 Å². The Morgan fingerprint density at radius 2 is 0.625 bits per heavy atom. The molecule has 0 spiro atoms. The van der Waals surface area contributed by atoms with E-state index in [0.717, 1.165) is 72.3 Å². The van der Waals surface area contributed by atoms with Gasteiger partial charge in [-0.3, -0.25) is 19.6 Å². The number of ketones is 2. The van der Waals surface area contributed by atoms with Crippen molar-refractivity contribution in [3.63, 3.8) is 0 Å². The Morgan fingerprint density at radius 3 is 1.14 bits per heavy atom. The van der Waals surface area contributed by atoms with Gasteiger partial charge in [0.25, 0.3) is 5.91 Å². The van der Waals surface area contributed by atoms with Gasteiger partial charge in [-0.05, 0) is 98.8 Å². The molecule has 0 unspecified atom stereocenters. The summed E-state index contributed by atoms with van der Waals surface area (Å²) in [6.07, 6.45) is 0. The number of carbonyl (C=O) groups is 3. The summed E-state index contributed by atoms with van der Waals surface area (Å²) in [6.45, 7) is 3.23. The third kappa shape index (κ3) is 11.0. The van der Waals surface area contributed by atoms with Gasteiger partial charge in [0, 0.05) is 16.7 Å². The molecule has 9 rings (SSSR count). The van der Waals surface area contributed by atoms with Crippen LogP contribution in [0.5, 0.6) is 0 Å². The number of hydrogen-bond acceptors (Lipinski definition) is 4. The van der Waals surface area contributed by atoms with E-state index in [4.69, 9.17) is 5.21 Å². The number of hydrogen-bond donors (Lipinski definition) is 2. The molecule has 9 aromatic carbocycles. The largest absolute Gasteiger partial charge is 0.294 e. The maximum atomic E-state index is 12.0. The van der Waals surface area contributed by atoms with E-state index in [2.05, 4.69) is 54.6 Å². The summed E-state index contributed by atoms with van der Waals surface area (Å²) in [5.74, 6) is -0.329. The van der Waals surface area contributed by atoms with Crippen LogP contribution >= 0.6 is 0 Å². The van der Waals surface area contributed by atoms with Crippen molar-refractivity contribution >= 4 is 17.5 Å². The summed E-state index contributed by atoms with van der Waals surface area (Å²) in [5, 5.41) is 8.85. The Balaban J connectivity index is 0.000000144. The number of hydroxylamine groups is 1. The quantitative estimate of drug-likeness (QED) is 0.0862. The van der Waals surface area contributed by atoms with Gasteiger partial charge in [-0.2, -0.15) is 0 Å². The first-order valence-corrected chi connectivity index (χ1v) is 21.0. The lowest BCUT2D eigenvalue weighted by molar-refractivity contribution is 0.0707. The van der Waals surface area contributed by atoms with Crippen molar-refractivity contribution in [2.45, 2.75) is 13.8 Å². The number of benzene rings is 9. The van der Waals surface area contributed by atoms with E-state index in [1.807, 2.05) is 170 Å². The minimum Gasteiger partial charge on any atom is -0.294 e. The first-order chi connectivity index (χ1) is 31.3. The van der Waals surface area contributed by atoms with Crippen LogP contribution in [0.1, 0.15) is 44.9 Å². The molecule has 0 aliphatic heterocycles. The topological polar surface area (TPSA) is 83.5 Å². The van der Waals surface area contributed by atoms with E-state index < -0.39 is 5.91 Å². The molecule has 5 nitrogen and oxygen atoms in total. The zero-order chi connectivity index (χ0) is 44.7. The molecule has 0 heterocycles. The molecule has 312 valence electrons. The highest BCUT2D eigenvalue weighted by atomic mass is 16.5. The van der Waals surface area contributed by atoms with Crippen molar-refractivity contribution in [1.82, 2.24) is 5.48 Å². The molecule has 0 bridgehead atoms. The monoisotopic (exact) mass is 833 g/mol. The standard InChI is InChI=1S/2C20H16O.C19H15NO2/c1-15(21)20-14-18(16-8-4-2-5-9-16)12-13-19(20)17-10-6-3-7-11-17;1-15(21)19-12-5-6-13-20(19)18-11-7-10-17(14-18)16-8-3-2-4-9-16;21-19(20-22)18-9-5-4-8-17(18)16-12-10-15(11-13-16)14-6-2-1-3-7-14/h2*2-14H,1H3;1-13,22H,(H,20,21). The zero-order valence-corrected chi connectivity index (χ0v) is 35.7. The lowest BCUT2D eigenvalue weighted by atomic mass is 9.93. The molecule has 0 radical (unpaired) electrons. The molecule has 0 saturated heterocycles. The van der Waals surface area contributed by atoms with E-state index in [1.165, 1.54) is 5.56 Å². The Labute approximate surface area is 375 Å². The first kappa shape index (κ1) is 43.8. The third-order valence-electron chi connectivity index (χ3n) is 10.8. The number of nitrogens with one attached hydrogen (secondary N) is 1. The molecular formula is C59H47NO4. The van der Waals surface area contributed by atoms with E-state index >= 15 is 0 Å². The van der Waals surface area contributed by atoms with Crippen molar-refractivity contribution in [3.05, 3.63) is 253 Å². The fourth-order valence-electron chi connectivity index (χ4n) is 7.52. The highest BCUT2D eigenvalue weighted by Crippen LogP contribution is 2.31. The summed E-state index contributed by atoms with van der Waals surface area (Å²) < 4.78 is 0. The molecule has 0 atom stereocenters. The van der Waals surface area contributed by atoms with Crippen molar-refractivity contribution in [2.75, 3.05) is 0 Å². The predicted octanol–water partition coefficient (Wildman–Crippen LogP) is 14.6. The Kier molecular flexibility index (Phi) is 14.7. The van der Waals surface area contributed by atoms with Crippen molar-refractivity contribution < 1.29 is 19.6 Å². The minimum absolute atomic E-state index is 0.0895. The molecule has 0 aliphatic rings. The molecule has 0 aromatic heterocycles. The van der Waals surface area contributed by atoms with Crippen LogP contribution in [0, 0.1) is 0 Å². The number of carbonyl (C=O) groups excluding carboxylic acids is 3. The molecular weight excluding hydrogens is 787 g/mol. The van der Waals surface area contributed by atoms with Crippen LogP contribution in [0.25, 0.3) is 66.8 Å². The predicted molar refractivity (Wildman–Crippen MR) is 261 cm³/mol. The Bertz CT molecular complexity index is 2970. The average molecular weight is 834 g/mol. The second-order valence-corrected chi connectivity index (χ2v) is 15.0. The number of amides is 1. The molecule has 64 heavy (non-hydrogen) atoms. The highest BCUT2D eigenvalue weighted by Gasteiger charge is 2.13. The van der Waals surface area contributed by atoms with Gasteiger partial charge >= 0.3 is 0 Å². The van der Waals surface area contributed by atoms with Crippen molar-refractivity contribution in [2.24, 2.45) is 0 Å². The first-order valence-electron chi connectivity index (χ1n) is 21.0. The maximum absolute atomic E-state index is 12.0. The van der Waals surface area contributed by atoms with Crippen LogP contribution in [0.3, 0.4) is 0 Å². The highest BCUT2D eigenvalue weighted by molar-refractivity contribution is 6.03. The van der Waals surface area contributed by atoms with Crippen LogP contribution in [-0.4, -0.2) is 22.7 Å². The second kappa shape index (κ2) is 21.5. The van der Waals surface area contributed by atoms with Crippen LogP contribution in [0.2, 0.25) is 0 Å². The van der Waals surface area contributed by atoms with E-state index in [-0.39, 0.29) is 11.6 Å². The third-order valence-corrected chi connectivity index (χ3v) is 10.8. The van der Waals surface area contributed by atoms with Crippen molar-refractivity contribution in [1.29, 1.82) is 0 Å². The average Bonchev–Trinajstić information content (AvgIpc) is 3.37. The van der Waals surface area contributed by atoms with Gasteiger partial charge in [0.1, 0.15) is 0 Å². The summed E-state index contributed by atoms with van der Waals surface area (Å²) in [6, 6.07) is 77.9. The fraction of sp³-hybridized carbons (Fsp3) is 0.0339. The zero-order valence-electron chi connectivity index (χ0n) is 35.7. The van der Waals surface area contributed by atoms with Gasteiger partial charge < -0.3 is 0 Å². The molecule has 1 amide bonds.